The highest BCUT2D eigenvalue weighted by Crippen LogP contribution is 2.33. The van der Waals surface area contributed by atoms with Crippen LogP contribution < -0.4 is 10.1 Å². The van der Waals surface area contributed by atoms with Gasteiger partial charge in [0.05, 0.1) is 9.83 Å². The van der Waals surface area contributed by atoms with Gasteiger partial charge in [-0.15, -0.1) is 0 Å². The predicted octanol–water partition coefficient (Wildman–Crippen LogP) is 3.48. The summed E-state index contributed by atoms with van der Waals surface area (Å²) < 4.78 is 5.19. The molecule has 3 rings (SSSR count). The van der Waals surface area contributed by atoms with E-state index in [0.29, 0.717) is 10.6 Å². The number of amides is 3. The Bertz CT molecular complexity index is 1070. The quantitative estimate of drug-likeness (QED) is 0.363. The zero-order chi connectivity index (χ0) is 22.4. The molecule has 0 spiro atoms. The van der Waals surface area contributed by atoms with Crippen LogP contribution >= 0.6 is 23.4 Å². The number of ether oxygens (including phenoxy) is 1. The maximum Gasteiger partial charge on any atom is 0.310 e. The number of benzene rings is 2. The van der Waals surface area contributed by atoms with Crippen LogP contribution in [-0.4, -0.2) is 46.6 Å². The number of imide groups is 1. The van der Waals surface area contributed by atoms with Crippen molar-refractivity contribution in [3.05, 3.63) is 74.1 Å². The Morgan fingerprint density at radius 3 is 2.65 bits per heavy atom. The van der Waals surface area contributed by atoms with Gasteiger partial charge in [-0.25, -0.2) is 0 Å². The van der Waals surface area contributed by atoms with Crippen LogP contribution in [0.4, 0.5) is 10.5 Å². The number of nitro benzene ring substituents is 1. The van der Waals surface area contributed by atoms with Crippen molar-refractivity contribution in [1.29, 1.82) is 0 Å². The van der Waals surface area contributed by atoms with Gasteiger partial charge >= 0.3 is 5.69 Å². The van der Waals surface area contributed by atoms with Gasteiger partial charge in [-0.3, -0.25) is 29.4 Å². The van der Waals surface area contributed by atoms with Gasteiger partial charge in [-0.05, 0) is 35.5 Å². The molecule has 1 aliphatic heterocycles. The number of hydrogen-bond donors (Lipinski definition) is 1. The lowest BCUT2D eigenvalue weighted by Crippen LogP contribution is -2.38. The molecule has 3 amide bonds. The Balaban J connectivity index is 1.51. The van der Waals surface area contributed by atoms with E-state index in [1.165, 1.54) is 18.2 Å². The van der Waals surface area contributed by atoms with E-state index in [4.69, 9.17) is 16.3 Å². The van der Waals surface area contributed by atoms with E-state index in [1.807, 2.05) is 0 Å². The third kappa shape index (κ3) is 5.62. The smallest absolute Gasteiger partial charge is 0.310 e. The molecule has 31 heavy (non-hydrogen) atoms. The van der Waals surface area contributed by atoms with Crippen molar-refractivity contribution in [3.63, 3.8) is 0 Å². The van der Waals surface area contributed by atoms with Gasteiger partial charge in [0, 0.05) is 24.2 Å². The molecule has 160 valence electrons. The molecule has 0 saturated carbocycles. The van der Waals surface area contributed by atoms with Gasteiger partial charge in [0.1, 0.15) is 0 Å². The van der Waals surface area contributed by atoms with Gasteiger partial charge in [0.15, 0.2) is 12.4 Å². The van der Waals surface area contributed by atoms with E-state index in [0.717, 1.165) is 16.7 Å². The number of nitrogens with zero attached hydrogens (tertiary/aromatic N) is 2. The van der Waals surface area contributed by atoms with Gasteiger partial charge in [0.2, 0.25) is 0 Å². The van der Waals surface area contributed by atoms with Crippen LogP contribution in [0.5, 0.6) is 5.75 Å². The van der Waals surface area contributed by atoms with Crippen molar-refractivity contribution in [2.75, 3.05) is 19.7 Å². The molecule has 1 fully saturated rings. The van der Waals surface area contributed by atoms with Crippen molar-refractivity contribution >= 4 is 52.2 Å². The SMILES string of the molecule is O=C(COc1ccccc1[N+](=O)[O-])NCCN1C(=O)S/C(=C\c2ccccc2Cl)C1=O. The van der Waals surface area contributed by atoms with Gasteiger partial charge < -0.3 is 10.1 Å². The third-order valence-corrected chi connectivity index (χ3v) is 5.40. The van der Waals surface area contributed by atoms with Crippen LogP contribution in [0.25, 0.3) is 6.08 Å². The molecular weight excluding hydrogens is 446 g/mol. The monoisotopic (exact) mass is 461 g/mol. The summed E-state index contributed by atoms with van der Waals surface area (Å²) in [5.74, 6) is -1.05. The predicted molar refractivity (Wildman–Crippen MR) is 116 cm³/mol. The molecule has 0 atom stereocenters. The molecule has 0 unspecified atom stereocenters. The zero-order valence-corrected chi connectivity index (χ0v) is 17.5. The highest BCUT2D eigenvalue weighted by molar-refractivity contribution is 8.18. The molecule has 1 heterocycles. The molecule has 0 aliphatic carbocycles. The molecular formula is C20H16ClN3O6S. The minimum Gasteiger partial charge on any atom is -0.477 e. The fourth-order valence-electron chi connectivity index (χ4n) is 2.66. The first-order chi connectivity index (χ1) is 14.9. The number of thioether (sulfide) groups is 1. The number of rotatable bonds is 8. The van der Waals surface area contributed by atoms with Crippen molar-refractivity contribution in [1.82, 2.24) is 10.2 Å². The zero-order valence-electron chi connectivity index (χ0n) is 15.9. The maximum atomic E-state index is 12.5. The summed E-state index contributed by atoms with van der Waals surface area (Å²) >= 11 is 6.88. The lowest BCUT2D eigenvalue weighted by molar-refractivity contribution is -0.385. The average Bonchev–Trinajstić information content (AvgIpc) is 3.01. The van der Waals surface area contributed by atoms with Gasteiger partial charge in [0.25, 0.3) is 17.1 Å². The number of halogens is 1. The van der Waals surface area contributed by atoms with E-state index < -0.39 is 28.6 Å². The topological polar surface area (TPSA) is 119 Å². The molecule has 1 saturated heterocycles. The molecule has 9 nitrogen and oxygen atoms in total. The number of para-hydroxylation sites is 2. The third-order valence-electron chi connectivity index (χ3n) is 4.14. The standard InChI is InChI=1S/C20H16ClN3O6S/c21-14-6-2-1-5-13(14)11-17-19(26)23(20(27)31-17)10-9-22-18(25)12-30-16-8-4-3-7-15(16)24(28)29/h1-8,11H,9-10,12H2,(H,22,25)/b17-11-. The molecule has 11 heteroatoms. The van der Waals surface area contributed by atoms with Crippen molar-refractivity contribution < 1.29 is 24.0 Å². The molecule has 0 aromatic heterocycles. The number of nitro groups is 1. The molecule has 2 aromatic rings. The molecule has 0 radical (unpaired) electrons. The van der Waals surface area contributed by atoms with Crippen LogP contribution in [-0.2, 0) is 9.59 Å². The highest BCUT2D eigenvalue weighted by Gasteiger charge is 2.34. The van der Waals surface area contributed by atoms with Crippen LogP contribution in [0.15, 0.2) is 53.4 Å². The fourth-order valence-corrected chi connectivity index (χ4v) is 3.70. The van der Waals surface area contributed by atoms with Gasteiger partial charge in [-0.2, -0.15) is 0 Å². The summed E-state index contributed by atoms with van der Waals surface area (Å²) in [4.78, 5) is 48.2. The number of carbonyl (C=O) groups excluding carboxylic acids is 3. The number of hydrogen-bond acceptors (Lipinski definition) is 7. The van der Waals surface area contributed by atoms with E-state index >= 15 is 0 Å². The number of carbonyl (C=O) groups is 3. The summed E-state index contributed by atoms with van der Waals surface area (Å²) in [5, 5.41) is 13.5. The van der Waals surface area contributed by atoms with Crippen molar-refractivity contribution in [3.8, 4) is 5.75 Å². The second-order valence-electron chi connectivity index (χ2n) is 6.22. The minimum atomic E-state index is -0.608. The minimum absolute atomic E-state index is 0.0104. The number of nitrogens with one attached hydrogen (secondary N) is 1. The van der Waals surface area contributed by atoms with E-state index in [2.05, 4.69) is 5.32 Å². The molecule has 2 aromatic carbocycles. The summed E-state index contributed by atoms with van der Waals surface area (Å²) in [6.07, 6.45) is 1.55. The molecule has 0 bridgehead atoms. The lowest BCUT2D eigenvalue weighted by Gasteiger charge is -2.13. The van der Waals surface area contributed by atoms with Crippen molar-refractivity contribution in [2.45, 2.75) is 0 Å². The first kappa shape index (κ1) is 22.3. The molecule has 1 N–H and O–H groups in total. The largest absolute Gasteiger partial charge is 0.477 e. The van der Waals surface area contributed by atoms with Crippen LogP contribution in [0.3, 0.4) is 0 Å². The second kappa shape index (κ2) is 10.1. The Morgan fingerprint density at radius 1 is 1.19 bits per heavy atom. The lowest BCUT2D eigenvalue weighted by atomic mass is 10.2. The van der Waals surface area contributed by atoms with Gasteiger partial charge in [-0.1, -0.05) is 41.9 Å². The fraction of sp³-hybridized carbons (Fsp3) is 0.150. The van der Waals surface area contributed by atoms with E-state index in [9.17, 15) is 24.5 Å². The van der Waals surface area contributed by atoms with Crippen LogP contribution in [0.1, 0.15) is 5.56 Å². The Kier molecular flexibility index (Phi) is 7.27. The maximum absolute atomic E-state index is 12.5. The Hall–Kier alpha value is -3.37. The normalized spacial score (nSPS) is 14.7. The van der Waals surface area contributed by atoms with Crippen molar-refractivity contribution in [2.24, 2.45) is 0 Å². The highest BCUT2D eigenvalue weighted by atomic mass is 35.5. The van der Waals surface area contributed by atoms with Crippen LogP contribution in [0.2, 0.25) is 5.02 Å². The summed E-state index contributed by atoms with van der Waals surface area (Å²) in [6, 6.07) is 12.6. The second-order valence-corrected chi connectivity index (χ2v) is 7.62. The summed E-state index contributed by atoms with van der Waals surface area (Å²) in [6.45, 7) is -0.461. The Morgan fingerprint density at radius 2 is 1.90 bits per heavy atom. The van der Waals surface area contributed by atoms with E-state index in [-0.39, 0.29) is 29.4 Å². The summed E-state index contributed by atoms with van der Waals surface area (Å²) in [5.41, 5.74) is 0.369. The summed E-state index contributed by atoms with van der Waals surface area (Å²) in [7, 11) is 0. The average molecular weight is 462 g/mol. The first-order valence-electron chi connectivity index (χ1n) is 8.99. The Labute approximate surface area is 186 Å². The van der Waals surface area contributed by atoms with Crippen LogP contribution in [0, 0.1) is 10.1 Å². The van der Waals surface area contributed by atoms with E-state index in [1.54, 1.807) is 36.4 Å². The first-order valence-corrected chi connectivity index (χ1v) is 10.2. The molecule has 1 aliphatic rings.